The maximum absolute atomic E-state index is 12.6. The zero-order valence-corrected chi connectivity index (χ0v) is 18.2. The van der Waals surface area contributed by atoms with Crippen molar-refractivity contribution in [2.75, 3.05) is 43.5 Å². The van der Waals surface area contributed by atoms with Gasteiger partial charge in [-0.05, 0) is 40.2 Å². The molecule has 1 saturated heterocycles. The van der Waals surface area contributed by atoms with Gasteiger partial charge >= 0.3 is 6.03 Å². The van der Waals surface area contributed by atoms with E-state index in [4.69, 9.17) is 4.74 Å². The van der Waals surface area contributed by atoms with Gasteiger partial charge in [-0.1, -0.05) is 24.3 Å². The number of benzene rings is 2. The van der Waals surface area contributed by atoms with Crippen molar-refractivity contribution in [1.82, 2.24) is 14.9 Å². The van der Waals surface area contributed by atoms with E-state index in [1.165, 1.54) is 0 Å². The topological polar surface area (TPSA) is 70.6 Å². The third-order valence-corrected chi connectivity index (χ3v) is 5.72. The van der Waals surface area contributed by atoms with E-state index in [0.29, 0.717) is 26.2 Å². The highest BCUT2D eigenvalue weighted by molar-refractivity contribution is 9.10. The number of nitrogens with zero attached hydrogens (tertiary/aromatic N) is 4. The Bertz CT molecular complexity index is 1040. The van der Waals surface area contributed by atoms with Gasteiger partial charge in [-0.15, -0.1) is 0 Å². The molecule has 2 heterocycles. The fourth-order valence-corrected chi connectivity index (χ4v) is 3.74. The largest absolute Gasteiger partial charge is 0.497 e. The van der Waals surface area contributed by atoms with Gasteiger partial charge in [-0.25, -0.2) is 14.8 Å². The van der Waals surface area contributed by atoms with Crippen molar-refractivity contribution >= 4 is 33.5 Å². The predicted octanol–water partition coefficient (Wildman–Crippen LogP) is 4.27. The van der Waals surface area contributed by atoms with Gasteiger partial charge in [0.1, 0.15) is 17.9 Å². The lowest BCUT2D eigenvalue weighted by molar-refractivity contribution is 0.208. The number of carbonyl (C=O) groups is 1. The molecule has 8 heteroatoms. The van der Waals surface area contributed by atoms with E-state index >= 15 is 0 Å². The van der Waals surface area contributed by atoms with Crippen LogP contribution in [0.25, 0.3) is 11.3 Å². The number of halogens is 1. The minimum absolute atomic E-state index is 0.0960. The van der Waals surface area contributed by atoms with Crippen LogP contribution in [0.2, 0.25) is 0 Å². The molecule has 7 nitrogen and oxygen atoms in total. The standard InChI is InChI=1S/C22H22BrN5O2/c1-30-17-6-4-5-16(13-17)20-14-21(25-15-24-20)27-9-11-28(12-10-27)22(29)26-19-8-3-2-7-18(19)23/h2-8,13-15H,9-12H2,1H3,(H,26,29). The lowest BCUT2D eigenvalue weighted by Crippen LogP contribution is -2.50. The van der Waals surface area contributed by atoms with E-state index in [1.807, 2.05) is 59.5 Å². The molecule has 0 radical (unpaired) electrons. The molecule has 2 amide bonds. The van der Waals surface area contributed by atoms with E-state index in [-0.39, 0.29) is 6.03 Å². The summed E-state index contributed by atoms with van der Waals surface area (Å²) in [6, 6.07) is 17.3. The minimum atomic E-state index is -0.0960. The minimum Gasteiger partial charge on any atom is -0.497 e. The van der Waals surface area contributed by atoms with E-state index in [0.717, 1.165) is 33.0 Å². The Balaban J connectivity index is 1.40. The first-order valence-corrected chi connectivity index (χ1v) is 10.5. The highest BCUT2D eigenvalue weighted by atomic mass is 79.9. The predicted molar refractivity (Wildman–Crippen MR) is 121 cm³/mol. The molecule has 2 aromatic carbocycles. The molecule has 0 saturated carbocycles. The van der Waals surface area contributed by atoms with Crippen LogP contribution in [0.4, 0.5) is 16.3 Å². The normalized spacial score (nSPS) is 13.8. The van der Waals surface area contributed by atoms with Crippen LogP contribution in [0.3, 0.4) is 0 Å². The zero-order valence-electron chi connectivity index (χ0n) is 16.6. The number of nitrogens with one attached hydrogen (secondary N) is 1. The Hall–Kier alpha value is -3.13. The van der Waals surface area contributed by atoms with Gasteiger partial charge in [0.2, 0.25) is 0 Å². The van der Waals surface area contributed by atoms with Gasteiger partial charge in [0.05, 0.1) is 18.5 Å². The number of para-hydroxylation sites is 1. The van der Waals surface area contributed by atoms with E-state index in [1.54, 1.807) is 13.4 Å². The quantitative estimate of drug-likeness (QED) is 0.620. The van der Waals surface area contributed by atoms with E-state index < -0.39 is 0 Å². The van der Waals surface area contributed by atoms with Crippen LogP contribution >= 0.6 is 15.9 Å². The number of hydrogen-bond acceptors (Lipinski definition) is 5. The van der Waals surface area contributed by atoms with Crippen molar-refractivity contribution in [2.45, 2.75) is 0 Å². The summed E-state index contributed by atoms with van der Waals surface area (Å²) in [4.78, 5) is 25.4. The molecule has 4 rings (SSSR count). The van der Waals surface area contributed by atoms with Crippen molar-refractivity contribution < 1.29 is 9.53 Å². The zero-order chi connectivity index (χ0) is 20.9. The molecule has 1 fully saturated rings. The maximum Gasteiger partial charge on any atom is 0.321 e. The van der Waals surface area contributed by atoms with Crippen molar-refractivity contribution in [3.63, 3.8) is 0 Å². The van der Waals surface area contributed by atoms with Crippen molar-refractivity contribution in [3.05, 3.63) is 65.4 Å². The summed E-state index contributed by atoms with van der Waals surface area (Å²) in [6.45, 7) is 2.65. The number of aromatic nitrogens is 2. The average molecular weight is 468 g/mol. The number of methoxy groups -OCH3 is 1. The highest BCUT2D eigenvalue weighted by Gasteiger charge is 2.22. The van der Waals surface area contributed by atoms with Crippen LogP contribution in [0.5, 0.6) is 5.75 Å². The highest BCUT2D eigenvalue weighted by Crippen LogP contribution is 2.25. The fourth-order valence-electron chi connectivity index (χ4n) is 3.36. The maximum atomic E-state index is 12.6. The molecular weight excluding hydrogens is 446 g/mol. The number of anilines is 2. The van der Waals surface area contributed by atoms with Crippen LogP contribution in [-0.2, 0) is 0 Å². The number of carbonyl (C=O) groups excluding carboxylic acids is 1. The first kappa shape index (κ1) is 20.2. The summed E-state index contributed by atoms with van der Waals surface area (Å²) in [6.07, 6.45) is 1.58. The number of urea groups is 1. The molecule has 1 aliphatic heterocycles. The van der Waals surface area contributed by atoms with Crippen molar-refractivity contribution in [1.29, 1.82) is 0 Å². The lowest BCUT2D eigenvalue weighted by atomic mass is 10.1. The number of piperazine rings is 1. The Morgan fingerprint density at radius 3 is 2.60 bits per heavy atom. The third kappa shape index (κ3) is 4.54. The Morgan fingerprint density at radius 1 is 1.03 bits per heavy atom. The van der Waals surface area contributed by atoms with Gasteiger partial charge in [0.25, 0.3) is 0 Å². The second-order valence-corrected chi connectivity index (χ2v) is 7.73. The molecule has 0 bridgehead atoms. The number of hydrogen-bond donors (Lipinski definition) is 1. The molecule has 1 aromatic heterocycles. The number of amides is 2. The summed E-state index contributed by atoms with van der Waals surface area (Å²) in [5.41, 5.74) is 2.58. The van der Waals surface area contributed by atoms with E-state index in [9.17, 15) is 4.79 Å². The first-order valence-electron chi connectivity index (χ1n) is 9.66. The Morgan fingerprint density at radius 2 is 1.83 bits per heavy atom. The molecule has 0 unspecified atom stereocenters. The molecule has 3 aromatic rings. The second-order valence-electron chi connectivity index (χ2n) is 6.88. The molecule has 0 spiro atoms. The van der Waals surface area contributed by atoms with E-state index in [2.05, 4.69) is 36.1 Å². The van der Waals surface area contributed by atoms with Crippen LogP contribution in [0.15, 0.2) is 65.4 Å². The van der Waals surface area contributed by atoms with Gasteiger partial charge in [0.15, 0.2) is 0 Å². The van der Waals surface area contributed by atoms with Crippen LogP contribution in [0.1, 0.15) is 0 Å². The lowest BCUT2D eigenvalue weighted by Gasteiger charge is -2.35. The molecule has 0 atom stereocenters. The molecule has 1 N–H and O–H groups in total. The third-order valence-electron chi connectivity index (χ3n) is 5.02. The SMILES string of the molecule is COc1cccc(-c2cc(N3CCN(C(=O)Nc4ccccc4Br)CC3)ncn2)c1. The Labute approximate surface area is 183 Å². The summed E-state index contributed by atoms with van der Waals surface area (Å²) < 4.78 is 6.17. The molecular formula is C22H22BrN5O2. The van der Waals surface area contributed by atoms with Gasteiger partial charge in [0, 0.05) is 42.3 Å². The average Bonchev–Trinajstić information content (AvgIpc) is 2.81. The Kier molecular flexibility index (Phi) is 6.13. The monoisotopic (exact) mass is 467 g/mol. The first-order chi connectivity index (χ1) is 14.6. The van der Waals surface area contributed by atoms with Crippen molar-refractivity contribution in [2.24, 2.45) is 0 Å². The molecule has 154 valence electrons. The summed E-state index contributed by atoms with van der Waals surface area (Å²) in [5, 5.41) is 2.96. The molecule has 0 aliphatic carbocycles. The van der Waals surface area contributed by atoms with Gasteiger partial charge in [-0.2, -0.15) is 0 Å². The smallest absolute Gasteiger partial charge is 0.321 e. The summed E-state index contributed by atoms with van der Waals surface area (Å²) in [5.74, 6) is 1.64. The van der Waals surface area contributed by atoms with Crippen molar-refractivity contribution in [3.8, 4) is 17.0 Å². The van der Waals surface area contributed by atoms with Gasteiger partial charge < -0.3 is 19.9 Å². The van der Waals surface area contributed by atoms with Gasteiger partial charge in [-0.3, -0.25) is 0 Å². The number of rotatable bonds is 4. The van der Waals surface area contributed by atoms with Crippen LogP contribution in [-0.4, -0.2) is 54.2 Å². The second kappa shape index (κ2) is 9.13. The van der Waals surface area contributed by atoms with Crippen LogP contribution < -0.4 is 15.0 Å². The number of ether oxygens (including phenoxy) is 1. The molecule has 30 heavy (non-hydrogen) atoms. The summed E-state index contributed by atoms with van der Waals surface area (Å²) >= 11 is 3.46. The van der Waals surface area contributed by atoms with Crippen LogP contribution in [0, 0.1) is 0 Å². The fraction of sp³-hybridized carbons (Fsp3) is 0.227. The molecule has 1 aliphatic rings. The summed E-state index contributed by atoms with van der Waals surface area (Å²) in [7, 11) is 1.65.